The van der Waals surface area contributed by atoms with Crippen molar-refractivity contribution in [2.24, 2.45) is 0 Å². The number of aryl methyl sites for hydroxylation is 2. The highest BCUT2D eigenvalue weighted by Crippen LogP contribution is 2.21. The number of para-hydroxylation sites is 1. The van der Waals surface area contributed by atoms with Crippen LogP contribution in [0.3, 0.4) is 0 Å². The molecule has 5 rings (SSSR count). The first-order valence-corrected chi connectivity index (χ1v) is 10.2. The van der Waals surface area contributed by atoms with E-state index in [9.17, 15) is 9.59 Å². The average molecular weight is 408 g/mol. The van der Waals surface area contributed by atoms with Gasteiger partial charge in [0, 0.05) is 12.1 Å². The Kier molecular flexibility index (Phi) is 4.71. The summed E-state index contributed by atoms with van der Waals surface area (Å²) >= 11 is 0. The molecule has 0 bridgehead atoms. The fourth-order valence-electron chi connectivity index (χ4n) is 3.80. The molecular weight excluding hydrogens is 388 g/mol. The van der Waals surface area contributed by atoms with E-state index in [2.05, 4.69) is 4.98 Å². The molecule has 0 atom stereocenters. The van der Waals surface area contributed by atoms with Crippen LogP contribution in [0.4, 0.5) is 0 Å². The molecule has 0 aliphatic carbocycles. The van der Waals surface area contributed by atoms with Gasteiger partial charge in [0.1, 0.15) is 11.4 Å². The molecule has 0 radical (unpaired) electrons. The molecule has 5 aromatic rings. The summed E-state index contributed by atoms with van der Waals surface area (Å²) in [5.41, 5.74) is 2.78. The van der Waals surface area contributed by atoms with Crippen molar-refractivity contribution in [2.45, 2.75) is 19.9 Å². The Morgan fingerprint density at radius 2 is 1.58 bits per heavy atom. The van der Waals surface area contributed by atoms with Gasteiger partial charge in [-0.05, 0) is 31.0 Å². The van der Waals surface area contributed by atoms with Gasteiger partial charge in [-0.2, -0.15) is 4.98 Å². The number of rotatable bonds is 4. The second kappa shape index (κ2) is 7.69. The van der Waals surface area contributed by atoms with E-state index < -0.39 is 0 Å². The number of hydrogen-bond acceptors (Lipinski definition) is 4. The lowest BCUT2D eigenvalue weighted by atomic mass is 10.1. The lowest BCUT2D eigenvalue weighted by Crippen LogP contribution is -2.28. The molecule has 2 aromatic heterocycles. The summed E-state index contributed by atoms with van der Waals surface area (Å²) < 4.78 is 7.48. The van der Waals surface area contributed by atoms with Crippen LogP contribution in [0.25, 0.3) is 33.5 Å². The molecular formula is C26H20N2O3. The highest BCUT2D eigenvalue weighted by atomic mass is 16.3. The molecule has 0 saturated heterocycles. The zero-order chi connectivity index (χ0) is 21.4. The van der Waals surface area contributed by atoms with Gasteiger partial charge in [-0.15, -0.1) is 0 Å². The summed E-state index contributed by atoms with van der Waals surface area (Å²) in [5.74, 6) is 0.492. The largest absolute Gasteiger partial charge is 0.437 e. The van der Waals surface area contributed by atoms with E-state index in [0.717, 1.165) is 16.7 Å². The van der Waals surface area contributed by atoms with E-state index in [1.165, 1.54) is 0 Å². The number of benzene rings is 3. The average Bonchev–Trinajstić information content (AvgIpc) is 2.79. The number of nitrogens with zero attached hydrogens (tertiary/aromatic N) is 2. The van der Waals surface area contributed by atoms with Crippen LogP contribution in [-0.4, -0.2) is 9.55 Å². The van der Waals surface area contributed by atoms with Crippen molar-refractivity contribution >= 4 is 22.1 Å². The molecule has 31 heavy (non-hydrogen) atoms. The molecule has 0 spiro atoms. The van der Waals surface area contributed by atoms with Crippen LogP contribution in [0.15, 0.2) is 92.9 Å². The summed E-state index contributed by atoms with van der Waals surface area (Å²) in [6.07, 6.45) is 0.645. The Labute approximate surface area is 178 Å². The topological polar surface area (TPSA) is 65.1 Å². The molecule has 152 valence electrons. The van der Waals surface area contributed by atoms with Gasteiger partial charge >= 0.3 is 0 Å². The monoisotopic (exact) mass is 408 g/mol. The van der Waals surface area contributed by atoms with Crippen molar-refractivity contribution in [2.75, 3.05) is 0 Å². The Hall–Kier alpha value is -3.99. The van der Waals surface area contributed by atoms with Crippen molar-refractivity contribution in [3.63, 3.8) is 0 Å². The van der Waals surface area contributed by atoms with Gasteiger partial charge in [-0.3, -0.25) is 14.2 Å². The van der Waals surface area contributed by atoms with Crippen molar-refractivity contribution in [3.8, 4) is 11.4 Å². The third-order valence-electron chi connectivity index (χ3n) is 5.48. The van der Waals surface area contributed by atoms with Crippen LogP contribution in [0.2, 0.25) is 0 Å². The van der Waals surface area contributed by atoms with Gasteiger partial charge in [0.05, 0.1) is 5.39 Å². The molecule has 0 N–H and O–H groups in total. The second-order valence-electron chi connectivity index (χ2n) is 7.60. The van der Waals surface area contributed by atoms with Gasteiger partial charge in [-0.25, -0.2) is 0 Å². The first-order chi connectivity index (χ1) is 15.1. The van der Waals surface area contributed by atoms with Crippen LogP contribution in [0.1, 0.15) is 11.1 Å². The minimum absolute atomic E-state index is 0.0115. The van der Waals surface area contributed by atoms with E-state index in [1.54, 1.807) is 28.8 Å². The van der Waals surface area contributed by atoms with Crippen LogP contribution in [0.5, 0.6) is 0 Å². The molecule has 5 nitrogen and oxygen atoms in total. The summed E-state index contributed by atoms with van der Waals surface area (Å²) in [4.78, 5) is 31.3. The van der Waals surface area contributed by atoms with E-state index in [-0.39, 0.29) is 22.1 Å². The third-order valence-corrected chi connectivity index (χ3v) is 5.48. The van der Waals surface area contributed by atoms with Crippen molar-refractivity contribution in [3.05, 3.63) is 111 Å². The number of aromatic nitrogens is 2. The van der Waals surface area contributed by atoms with Gasteiger partial charge in [0.15, 0.2) is 5.39 Å². The summed E-state index contributed by atoms with van der Waals surface area (Å²) in [5, 5.41) is 0.370. The predicted molar refractivity (Wildman–Crippen MR) is 122 cm³/mol. The minimum Gasteiger partial charge on any atom is -0.437 e. The van der Waals surface area contributed by atoms with Crippen LogP contribution in [0, 0.1) is 6.92 Å². The molecule has 0 unspecified atom stereocenters. The molecule has 0 amide bonds. The summed E-state index contributed by atoms with van der Waals surface area (Å²) in [6, 6.07) is 24.7. The highest BCUT2D eigenvalue weighted by Gasteiger charge is 2.18. The van der Waals surface area contributed by atoms with Crippen molar-refractivity contribution in [1.82, 2.24) is 9.55 Å². The Bertz CT molecular complexity index is 1510. The number of fused-ring (bicyclic) bond motifs is 2. The smallest absolute Gasteiger partial charge is 0.269 e. The van der Waals surface area contributed by atoms with Gasteiger partial charge in [0.25, 0.3) is 5.56 Å². The van der Waals surface area contributed by atoms with Gasteiger partial charge in [0.2, 0.25) is 11.1 Å². The quantitative estimate of drug-likeness (QED) is 0.404. The maximum absolute atomic E-state index is 13.5. The number of hydrogen-bond donors (Lipinski definition) is 0. The van der Waals surface area contributed by atoms with E-state index >= 15 is 0 Å². The van der Waals surface area contributed by atoms with Crippen LogP contribution in [-0.2, 0) is 13.0 Å². The lowest BCUT2D eigenvalue weighted by molar-refractivity contribution is 0.623. The minimum atomic E-state index is -0.379. The molecule has 3 aromatic carbocycles. The van der Waals surface area contributed by atoms with Crippen LogP contribution >= 0.6 is 0 Å². The lowest BCUT2D eigenvalue weighted by Gasteiger charge is -2.14. The van der Waals surface area contributed by atoms with Gasteiger partial charge in [-0.1, -0.05) is 72.3 Å². The highest BCUT2D eigenvalue weighted by molar-refractivity contribution is 5.88. The third kappa shape index (κ3) is 3.44. The molecule has 5 heteroatoms. The van der Waals surface area contributed by atoms with Crippen LogP contribution < -0.4 is 11.0 Å². The zero-order valence-electron chi connectivity index (χ0n) is 17.0. The fraction of sp³-hybridized carbons (Fsp3) is 0.115. The van der Waals surface area contributed by atoms with E-state index in [4.69, 9.17) is 4.42 Å². The molecule has 0 fully saturated rings. The first kappa shape index (κ1) is 19.0. The molecule has 0 saturated carbocycles. The Morgan fingerprint density at radius 1 is 0.871 bits per heavy atom. The standard InChI is InChI=1S/C26H20N2O3/c1-17-11-13-19(14-12-17)24-27-25-22(23(29)20-9-5-6-10-21(20)31-25)26(30)28(24)16-15-18-7-3-2-4-8-18/h2-14H,15-16H2,1H3. The summed E-state index contributed by atoms with van der Waals surface area (Å²) in [7, 11) is 0. The maximum atomic E-state index is 13.5. The molecule has 0 aliphatic rings. The maximum Gasteiger partial charge on any atom is 0.269 e. The normalized spacial score (nSPS) is 11.3. The predicted octanol–water partition coefficient (Wildman–Crippen LogP) is 4.72. The second-order valence-corrected chi connectivity index (χ2v) is 7.60. The Morgan fingerprint density at radius 3 is 2.35 bits per heavy atom. The SMILES string of the molecule is Cc1ccc(-c2nc3oc4ccccc4c(=O)c3c(=O)n2CCc2ccccc2)cc1. The Balaban J connectivity index is 1.77. The van der Waals surface area contributed by atoms with E-state index in [0.29, 0.717) is 29.8 Å². The fourth-order valence-corrected chi connectivity index (χ4v) is 3.80. The first-order valence-electron chi connectivity index (χ1n) is 10.2. The van der Waals surface area contributed by atoms with Gasteiger partial charge < -0.3 is 4.42 Å². The van der Waals surface area contributed by atoms with Crippen molar-refractivity contribution < 1.29 is 4.42 Å². The molecule has 0 aliphatic heterocycles. The van der Waals surface area contributed by atoms with E-state index in [1.807, 2.05) is 61.5 Å². The van der Waals surface area contributed by atoms with Crippen molar-refractivity contribution in [1.29, 1.82) is 0 Å². The molecule has 2 heterocycles. The zero-order valence-corrected chi connectivity index (χ0v) is 17.0. The summed E-state index contributed by atoms with van der Waals surface area (Å²) in [6.45, 7) is 2.41.